The largest absolute Gasteiger partial charge is 0.350 e. The molecule has 2 N–H and O–H groups in total. The molecule has 1 fully saturated rings. The number of thiophene rings is 1. The number of rotatable bonds is 6. The second kappa shape index (κ2) is 7.13. The van der Waals surface area contributed by atoms with Crippen molar-refractivity contribution in [2.45, 2.75) is 30.9 Å². The lowest BCUT2D eigenvalue weighted by Crippen LogP contribution is -2.32. The van der Waals surface area contributed by atoms with Crippen LogP contribution < -0.4 is 10.9 Å². The zero-order valence-corrected chi connectivity index (χ0v) is 16.9. The monoisotopic (exact) mass is 399 g/mol. The lowest BCUT2D eigenvalue weighted by molar-refractivity contribution is 0.0953. The molecule has 3 aromatic rings. The quantitative estimate of drug-likeness (QED) is 0.664. The third kappa shape index (κ3) is 3.41. The first-order chi connectivity index (χ1) is 13.0. The summed E-state index contributed by atoms with van der Waals surface area (Å²) < 4.78 is 0. The molecule has 0 radical (unpaired) electrons. The first-order valence-corrected chi connectivity index (χ1v) is 11.1. The van der Waals surface area contributed by atoms with E-state index in [1.807, 2.05) is 31.4 Å². The number of hydrogen-bond acceptors (Lipinski definition) is 5. The van der Waals surface area contributed by atoms with Gasteiger partial charge in [-0.25, -0.2) is 4.98 Å². The second-order valence-electron chi connectivity index (χ2n) is 7.01. The van der Waals surface area contributed by atoms with E-state index in [1.54, 1.807) is 11.8 Å². The van der Waals surface area contributed by atoms with Gasteiger partial charge in [-0.1, -0.05) is 30.3 Å². The molecule has 2 heterocycles. The number of fused-ring (bicyclic) bond motifs is 1. The molecule has 0 atom stereocenters. The van der Waals surface area contributed by atoms with E-state index < -0.39 is 0 Å². The van der Waals surface area contributed by atoms with Crippen LogP contribution in [-0.2, 0) is 11.2 Å². The van der Waals surface area contributed by atoms with Gasteiger partial charge in [-0.05, 0) is 37.1 Å². The first-order valence-electron chi connectivity index (χ1n) is 8.89. The number of carbonyl (C=O) groups excluding carboxylic acids is 1. The van der Waals surface area contributed by atoms with Gasteiger partial charge < -0.3 is 10.3 Å². The molecule has 1 aliphatic rings. The maximum absolute atomic E-state index is 12.8. The lowest BCUT2D eigenvalue weighted by Gasteiger charge is -2.16. The van der Waals surface area contributed by atoms with Crippen molar-refractivity contribution < 1.29 is 4.79 Å². The van der Waals surface area contributed by atoms with E-state index in [1.165, 1.54) is 16.9 Å². The van der Waals surface area contributed by atoms with Gasteiger partial charge in [0, 0.05) is 12.0 Å². The number of aromatic nitrogens is 2. The van der Waals surface area contributed by atoms with Crippen LogP contribution in [0.1, 0.15) is 39.5 Å². The Morgan fingerprint density at radius 3 is 2.74 bits per heavy atom. The predicted octanol–water partition coefficient (Wildman–Crippen LogP) is 3.62. The normalized spacial score (nSPS) is 15.0. The van der Waals surface area contributed by atoms with Gasteiger partial charge in [0.05, 0.1) is 16.0 Å². The molecule has 1 aliphatic carbocycles. The van der Waals surface area contributed by atoms with Crippen LogP contribution in [0, 0.1) is 6.92 Å². The number of amides is 1. The Kier molecular flexibility index (Phi) is 4.82. The van der Waals surface area contributed by atoms with Gasteiger partial charge in [-0.15, -0.1) is 11.3 Å². The van der Waals surface area contributed by atoms with E-state index in [-0.39, 0.29) is 16.9 Å². The molecule has 1 aromatic carbocycles. The van der Waals surface area contributed by atoms with Crippen LogP contribution in [0.2, 0.25) is 0 Å². The van der Waals surface area contributed by atoms with Crippen LogP contribution in [-0.4, -0.2) is 28.7 Å². The first kappa shape index (κ1) is 18.3. The fourth-order valence-electron chi connectivity index (χ4n) is 3.45. The summed E-state index contributed by atoms with van der Waals surface area (Å²) in [4.78, 5) is 33.8. The number of nitrogens with zero attached hydrogens (tertiary/aromatic N) is 1. The molecule has 4 rings (SSSR count). The Balaban J connectivity index is 1.57. The number of H-pyrrole nitrogens is 1. The maximum atomic E-state index is 12.8. The third-order valence-corrected chi connectivity index (χ3v) is 6.91. The molecule has 2 aromatic heterocycles. The van der Waals surface area contributed by atoms with Crippen LogP contribution in [0.15, 0.2) is 35.1 Å². The van der Waals surface area contributed by atoms with Crippen LogP contribution in [0.5, 0.6) is 0 Å². The highest BCUT2D eigenvalue weighted by Crippen LogP contribution is 2.47. The van der Waals surface area contributed by atoms with Gasteiger partial charge in [0.1, 0.15) is 10.7 Å². The van der Waals surface area contributed by atoms with Crippen molar-refractivity contribution in [3.63, 3.8) is 0 Å². The molecular weight excluding hydrogens is 378 g/mol. The molecule has 0 unspecified atom stereocenters. The molecule has 0 spiro atoms. The van der Waals surface area contributed by atoms with Gasteiger partial charge in [0.25, 0.3) is 11.5 Å². The number of carbonyl (C=O) groups is 1. The van der Waals surface area contributed by atoms with E-state index in [0.29, 0.717) is 38.8 Å². The summed E-state index contributed by atoms with van der Waals surface area (Å²) in [7, 11) is 0. The Morgan fingerprint density at radius 1 is 1.33 bits per heavy atom. The van der Waals surface area contributed by atoms with E-state index in [4.69, 9.17) is 0 Å². The topological polar surface area (TPSA) is 74.8 Å². The van der Waals surface area contributed by atoms with Crippen molar-refractivity contribution in [2.75, 3.05) is 12.8 Å². The standard InChI is InChI=1S/C20H21N3O2S2/c1-12-15-17(24)22-14(10-26-2)23-19(15)27-16(12)18(25)21-11-20(8-9-20)13-6-4-3-5-7-13/h3-7H,8-11H2,1-2H3,(H,21,25)(H,22,23,24). The van der Waals surface area contributed by atoms with E-state index in [0.717, 1.165) is 12.8 Å². The number of aromatic amines is 1. The molecule has 7 heteroatoms. The highest BCUT2D eigenvalue weighted by Gasteiger charge is 2.44. The number of aryl methyl sites for hydroxylation is 1. The SMILES string of the molecule is CSCc1nc2sc(C(=O)NCC3(c4ccccc4)CC3)c(C)c2c(=O)[nH]1. The summed E-state index contributed by atoms with van der Waals surface area (Å²) in [5.41, 5.74) is 1.88. The molecular formula is C20H21N3O2S2. The van der Waals surface area contributed by atoms with Gasteiger partial charge in [0.15, 0.2) is 0 Å². The van der Waals surface area contributed by atoms with Crippen molar-refractivity contribution in [2.24, 2.45) is 0 Å². The van der Waals surface area contributed by atoms with Crippen molar-refractivity contribution >= 4 is 39.2 Å². The molecule has 0 saturated heterocycles. The van der Waals surface area contributed by atoms with E-state index in [9.17, 15) is 9.59 Å². The van der Waals surface area contributed by atoms with Crippen molar-refractivity contribution in [1.29, 1.82) is 0 Å². The van der Waals surface area contributed by atoms with Crippen LogP contribution >= 0.6 is 23.1 Å². The fourth-order valence-corrected chi connectivity index (χ4v) is 4.98. The number of nitrogens with one attached hydrogen (secondary N) is 2. The molecule has 140 valence electrons. The zero-order valence-electron chi connectivity index (χ0n) is 15.3. The molecule has 1 amide bonds. The fraction of sp³-hybridized carbons (Fsp3) is 0.350. The minimum atomic E-state index is -0.167. The number of hydrogen-bond donors (Lipinski definition) is 2. The molecule has 5 nitrogen and oxygen atoms in total. The Morgan fingerprint density at radius 2 is 2.07 bits per heavy atom. The smallest absolute Gasteiger partial charge is 0.261 e. The maximum Gasteiger partial charge on any atom is 0.261 e. The average molecular weight is 400 g/mol. The van der Waals surface area contributed by atoms with Crippen molar-refractivity contribution in [1.82, 2.24) is 15.3 Å². The van der Waals surface area contributed by atoms with Crippen LogP contribution in [0.3, 0.4) is 0 Å². The van der Waals surface area contributed by atoms with Crippen molar-refractivity contribution in [3.8, 4) is 0 Å². The predicted molar refractivity (Wildman–Crippen MR) is 112 cm³/mol. The summed E-state index contributed by atoms with van der Waals surface area (Å²) in [5, 5.41) is 3.62. The molecule has 0 bridgehead atoms. The summed E-state index contributed by atoms with van der Waals surface area (Å²) in [6.45, 7) is 2.44. The zero-order chi connectivity index (χ0) is 19.0. The Hall–Kier alpha value is -2.12. The van der Waals surface area contributed by atoms with Gasteiger partial charge in [-0.3, -0.25) is 9.59 Å². The summed E-state index contributed by atoms with van der Waals surface area (Å²) in [6.07, 6.45) is 4.13. The molecule has 27 heavy (non-hydrogen) atoms. The van der Waals surface area contributed by atoms with Gasteiger partial charge in [0.2, 0.25) is 0 Å². The summed E-state index contributed by atoms with van der Waals surface area (Å²) >= 11 is 2.90. The van der Waals surface area contributed by atoms with Crippen LogP contribution in [0.25, 0.3) is 10.2 Å². The Bertz CT molecular complexity index is 1050. The number of thioether (sulfide) groups is 1. The lowest BCUT2D eigenvalue weighted by atomic mass is 9.96. The third-order valence-electron chi connectivity index (χ3n) is 5.16. The van der Waals surface area contributed by atoms with Crippen LogP contribution in [0.4, 0.5) is 0 Å². The highest BCUT2D eigenvalue weighted by molar-refractivity contribution is 7.97. The highest BCUT2D eigenvalue weighted by atomic mass is 32.2. The minimum absolute atomic E-state index is 0.0583. The second-order valence-corrected chi connectivity index (χ2v) is 8.88. The minimum Gasteiger partial charge on any atom is -0.350 e. The van der Waals surface area contributed by atoms with Crippen molar-refractivity contribution in [3.05, 3.63) is 62.5 Å². The molecule has 1 saturated carbocycles. The summed E-state index contributed by atoms with van der Waals surface area (Å²) in [5.74, 6) is 1.17. The molecule has 0 aliphatic heterocycles. The van der Waals surface area contributed by atoms with E-state index >= 15 is 0 Å². The Labute approximate surface area is 165 Å². The summed E-state index contributed by atoms with van der Waals surface area (Å²) in [6, 6.07) is 10.3. The van der Waals surface area contributed by atoms with Gasteiger partial charge >= 0.3 is 0 Å². The van der Waals surface area contributed by atoms with Gasteiger partial charge in [-0.2, -0.15) is 11.8 Å². The average Bonchev–Trinajstić information content (AvgIpc) is 3.38. The number of benzene rings is 1. The van der Waals surface area contributed by atoms with E-state index in [2.05, 4.69) is 27.4 Å².